The zero-order valence-electron chi connectivity index (χ0n) is 9.39. The van der Waals surface area contributed by atoms with Gasteiger partial charge in [-0.2, -0.15) is 4.98 Å². The van der Waals surface area contributed by atoms with Crippen LogP contribution in [0.4, 0.5) is 0 Å². The van der Waals surface area contributed by atoms with Gasteiger partial charge in [0.25, 0.3) is 0 Å². The number of aromatic nitrogens is 3. The summed E-state index contributed by atoms with van der Waals surface area (Å²) in [6.45, 7) is 2.34. The fraction of sp³-hybridized carbons (Fsp3) is 0.364. The molecule has 0 aliphatic rings. The molecule has 0 saturated heterocycles. The molecule has 5 nitrogen and oxygen atoms in total. The topological polar surface area (TPSA) is 61.0 Å². The highest BCUT2D eigenvalue weighted by Crippen LogP contribution is 2.21. The molecule has 17 heavy (non-hydrogen) atoms. The Hall–Kier alpha value is -1.43. The van der Waals surface area contributed by atoms with Crippen LogP contribution in [-0.4, -0.2) is 15.1 Å². The van der Waals surface area contributed by atoms with Crippen LogP contribution in [0.3, 0.4) is 0 Å². The Morgan fingerprint density at radius 2 is 2.35 bits per heavy atom. The Kier molecular flexibility index (Phi) is 4.08. The maximum absolute atomic E-state index is 5.52. The van der Waals surface area contributed by atoms with Gasteiger partial charge in [-0.25, -0.2) is 4.98 Å². The third-order valence-electron chi connectivity index (χ3n) is 2.06. The average Bonchev–Trinajstić information content (AvgIpc) is 2.76. The van der Waals surface area contributed by atoms with Crippen LogP contribution in [-0.2, 0) is 13.0 Å². The van der Waals surface area contributed by atoms with Gasteiger partial charge in [-0.1, -0.05) is 12.1 Å². The monoisotopic (exact) mass is 297 g/mol. The highest BCUT2D eigenvalue weighted by Gasteiger charge is 2.07. The van der Waals surface area contributed by atoms with Gasteiger partial charge in [0.05, 0.1) is 0 Å². The molecule has 0 aromatic carbocycles. The van der Waals surface area contributed by atoms with Crippen LogP contribution in [0.15, 0.2) is 27.5 Å². The molecular weight excluding hydrogens is 286 g/mol. The van der Waals surface area contributed by atoms with Crippen molar-refractivity contribution in [1.82, 2.24) is 15.1 Å². The van der Waals surface area contributed by atoms with E-state index in [1.54, 1.807) is 12.3 Å². The van der Waals surface area contributed by atoms with Crippen molar-refractivity contribution >= 4 is 15.9 Å². The summed E-state index contributed by atoms with van der Waals surface area (Å²) in [4.78, 5) is 8.26. The molecule has 0 atom stereocenters. The van der Waals surface area contributed by atoms with Crippen molar-refractivity contribution in [2.45, 2.75) is 26.4 Å². The van der Waals surface area contributed by atoms with Crippen molar-refractivity contribution in [3.8, 4) is 5.75 Å². The number of halogens is 1. The number of hydrogen-bond donors (Lipinski definition) is 0. The molecule has 0 spiro atoms. The van der Waals surface area contributed by atoms with E-state index in [1.807, 2.05) is 6.07 Å². The predicted molar refractivity (Wildman–Crippen MR) is 64.6 cm³/mol. The molecule has 6 heteroatoms. The van der Waals surface area contributed by atoms with E-state index in [0.29, 0.717) is 22.1 Å². The zero-order chi connectivity index (χ0) is 12.1. The number of nitrogens with zero attached hydrogens (tertiary/aromatic N) is 3. The van der Waals surface area contributed by atoms with Crippen molar-refractivity contribution in [3.63, 3.8) is 0 Å². The molecule has 0 aliphatic carbocycles. The first kappa shape index (κ1) is 12.0. The summed E-state index contributed by atoms with van der Waals surface area (Å²) < 4.78 is 11.2. The molecule has 2 aromatic rings. The van der Waals surface area contributed by atoms with Crippen molar-refractivity contribution in [3.05, 3.63) is 34.6 Å². The summed E-state index contributed by atoms with van der Waals surface area (Å²) >= 11 is 3.30. The Bertz CT molecular complexity index is 487. The summed E-state index contributed by atoms with van der Waals surface area (Å²) in [6.07, 6.45) is 3.46. The summed E-state index contributed by atoms with van der Waals surface area (Å²) in [5.41, 5.74) is 0. The predicted octanol–water partition coefficient (Wildman–Crippen LogP) is 2.76. The number of pyridine rings is 1. The van der Waals surface area contributed by atoms with Gasteiger partial charge in [-0.15, -0.1) is 0 Å². The largest absolute Gasteiger partial charge is 0.483 e. The lowest BCUT2D eigenvalue weighted by atomic mass is 10.3. The maximum atomic E-state index is 5.52. The molecule has 0 N–H and O–H groups in total. The smallest absolute Gasteiger partial charge is 0.226 e. The zero-order valence-corrected chi connectivity index (χ0v) is 11.0. The van der Waals surface area contributed by atoms with Crippen LogP contribution >= 0.6 is 15.9 Å². The summed E-state index contributed by atoms with van der Waals surface area (Å²) in [5, 5.41) is 3.83. The van der Waals surface area contributed by atoms with E-state index in [-0.39, 0.29) is 6.61 Å². The minimum atomic E-state index is 0.275. The van der Waals surface area contributed by atoms with Crippen LogP contribution in [0.5, 0.6) is 5.75 Å². The van der Waals surface area contributed by atoms with E-state index in [4.69, 9.17) is 9.26 Å². The highest BCUT2D eigenvalue weighted by molar-refractivity contribution is 9.10. The average molecular weight is 298 g/mol. The second-order valence-corrected chi connectivity index (χ2v) is 4.19. The molecule has 0 unspecified atom stereocenters. The number of aryl methyl sites for hydroxylation is 1. The second-order valence-electron chi connectivity index (χ2n) is 3.44. The van der Waals surface area contributed by atoms with E-state index in [0.717, 1.165) is 12.8 Å². The van der Waals surface area contributed by atoms with Crippen molar-refractivity contribution in [1.29, 1.82) is 0 Å². The normalized spacial score (nSPS) is 10.5. The Morgan fingerprint density at radius 3 is 3.12 bits per heavy atom. The van der Waals surface area contributed by atoms with Gasteiger partial charge in [-0.05, 0) is 34.5 Å². The first-order valence-corrected chi connectivity index (χ1v) is 6.13. The summed E-state index contributed by atoms with van der Waals surface area (Å²) in [5.74, 6) is 1.86. The fourth-order valence-electron chi connectivity index (χ4n) is 1.29. The molecule has 0 bridgehead atoms. The second kappa shape index (κ2) is 5.77. The molecule has 0 amide bonds. The van der Waals surface area contributed by atoms with Gasteiger partial charge in [0.15, 0.2) is 12.4 Å². The van der Waals surface area contributed by atoms with Gasteiger partial charge < -0.3 is 9.26 Å². The first-order chi connectivity index (χ1) is 8.29. The summed E-state index contributed by atoms with van der Waals surface area (Å²) in [7, 11) is 0. The summed E-state index contributed by atoms with van der Waals surface area (Å²) in [6, 6.07) is 3.63. The molecule has 90 valence electrons. The highest BCUT2D eigenvalue weighted by atomic mass is 79.9. The lowest BCUT2D eigenvalue weighted by molar-refractivity contribution is 0.282. The van der Waals surface area contributed by atoms with Crippen molar-refractivity contribution in [2.75, 3.05) is 0 Å². The molecule has 2 heterocycles. The molecule has 0 fully saturated rings. The Morgan fingerprint density at radius 1 is 1.47 bits per heavy atom. The third-order valence-corrected chi connectivity index (χ3v) is 2.65. The van der Waals surface area contributed by atoms with Crippen molar-refractivity contribution in [2.24, 2.45) is 0 Å². The van der Waals surface area contributed by atoms with Crippen molar-refractivity contribution < 1.29 is 9.26 Å². The van der Waals surface area contributed by atoms with E-state index in [2.05, 4.69) is 38.0 Å². The standard InChI is InChI=1S/C11H12BrN3O2/c1-2-4-10-14-9(15-17-10)7-16-8-5-3-6-13-11(8)12/h3,5-6H,2,4,7H2,1H3. The molecular formula is C11H12BrN3O2. The van der Waals surface area contributed by atoms with Crippen LogP contribution < -0.4 is 4.74 Å². The van der Waals surface area contributed by atoms with Gasteiger partial charge in [0.1, 0.15) is 4.60 Å². The fourth-order valence-corrected chi connectivity index (χ4v) is 1.65. The molecule has 2 rings (SSSR count). The van der Waals surface area contributed by atoms with Crippen LogP contribution in [0.1, 0.15) is 25.1 Å². The number of hydrogen-bond acceptors (Lipinski definition) is 5. The lowest BCUT2D eigenvalue weighted by Crippen LogP contribution is -1.98. The van der Waals surface area contributed by atoms with Gasteiger partial charge in [0.2, 0.25) is 11.7 Å². The van der Waals surface area contributed by atoms with E-state index in [9.17, 15) is 0 Å². The quantitative estimate of drug-likeness (QED) is 0.794. The van der Waals surface area contributed by atoms with E-state index < -0.39 is 0 Å². The SMILES string of the molecule is CCCc1nc(COc2cccnc2Br)no1. The number of ether oxygens (including phenoxy) is 1. The number of rotatable bonds is 5. The van der Waals surface area contributed by atoms with Crippen LogP contribution in [0.25, 0.3) is 0 Å². The first-order valence-electron chi connectivity index (χ1n) is 5.34. The Balaban J connectivity index is 1.95. The van der Waals surface area contributed by atoms with Gasteiger partial charge in [-0.3, -0.25) is 0 Å². The van der Waals surface area contributed by atoms with Crippen LogP contribution in [0.2, 0.25) is 0 Å². The minimum Gasteiger partial charge on any atom is -0.483 e. The molecule has 0 radical (unpaired) electrons. The van der Waals surface area contributed by atoms with Crippen LogP contribution in [0, 0.1) is 0 Å². The maximum Gasteiger partial charge on any atom is 0.226 e. The lowest BCUT2D eigenvalue weighted by Gasteiger charge is -2.03. The third kappa shape index (κ3) is 3.26. The van der Waals surface area contributed by atoms with Gasteiger partial charge in [0, 0.05) is 12.6 Å². The molecule has 0 aliphatic heterocycles. The minimum absolute atomic E-state index is 0.275. The van der Waals surface area contributed by atoms with Gasteiger partial charge >= 0.3 is 0 Å². The molecule has 0 saturated carbocycles. The molecule has 2 aromatic heterocycles. The Labute approximate surface area is 107 Å². The van der Waals surface area contributed by atoms with E-state index >= 15 is 0 Å². The van der Waals surface area contributed by atoms with E-state index in [1.165, 1.54) is 0 Å².